The summed E-state index contributed by atoms with van der Waals surface area (Å²) in [6.45, 7) is 0. The fourth-order valence-electron chi connectivity index (χ4n) is 4.54. The lowest BCUT2D eigenvalue weighted by Gasteiger charge is -2.29. The highest BCUT2D eigenvalue weighted by atomic mass is 32.2. The summed E-state index contributed by atoms with van der Waals surface area (Å²) in [4.78, 5) is 6.51. The first-order chi connectivity index (χ1) is 17.7. The van der Waals surface area contributed by atoms with E-state index in [0.29, 0.717) is 27.9 Å². The Morgan fingerprint density at radius 3 is 2.59 bits per heavy atom. The summed E-state index contributed by atoms with van der Waals surface area (Å²) in [5.74, 6) is 0.000302. The fourth-order valence-corrected chi connectivity index (χ4v) is 5.46. The Balaban J connectivity index is 1.65. The van der Waals surface area contributed by atoms with Crippen molar-refractivity contribution in [1.82, 2.24) is 14.9 Å². The third kappa shape index (κ3) is 5.00. The van der Waals surface area contributed by atoms with Gasteiger partial charge < -0.3 is 19.5 Å². The van der Waals surface area contributed by atoms with Crippen LogP contribution in [0.1, 0.15) is 23.5 Å². The normalized spacial score (nSPS) is 17.5. The number of nitrogens with zero attached hydrogens (tertiary/aromatic N) is 3. The van der Waals surface area contributed by atoms with Gasteiger partial charge in [-0.05, 0) is 66.8 Å². The molecule has 2 N–H and O–H groups in total. The molecule has 0 aliphatic carbocycles. The van der Waals surface area contributed by atoms with Crippen molar-refractivity contribution >= 4 is 38.7 Å². The highest BCUT2D eigenvalue weighted by molar-refractivity contribution is 7.92. The number of aromatic nitrogens is 2. The number of ether oxygens (including phenoxy) is 1. The number of sulfonamides is 1. The van der Waals surface area contributed by atoms with Gasteiger partial charge in [0.15, 0.2) is 5.11 Å². The van der Waals surface area contributed by atoms with Gasteiger partial charge in [-0.2, -0.15) is 0 Å². The van der Waals surface area contributed by atoms with Gasteiger partial charge >= 0.3 is 0 Å². The molecule has 1 fully saturated rings. The smallest absolute Gasteiger partial charge is 0.229 e. The van der Waals surface area contributed by atoms with Gasteiger partial charge in [-0.3, -0.25) is 9.71 Å². The molecule has 1 aliphatic heterocycles. The third-order valence-corrected chi connectivity index (χ3v) is 6.93. The first-order valence-corrected chi connectivity index (χ1v) is 13.6. The Bertz CT molecular complexity index is 1560. The molecule has 8 nitrogen and oxygen atoms in total. The van der Waals surface area contributed by atoms with Crippen molar-refractivity contribution < 1.29 is 17.5 Å². The summed E-state index contributed by atoms with van der Waals surface area (Å²) in [6, 6.07) is 20.3. The Hall–Kier alpha value is -3.96. The van der Waals surface area contributed by atoms with E-state index < -0.39 is 10.0 Å². The average molecular weight is 538 g/mol. The van der Waals surface area contributed by atoms with Crippen LogP contribution >= 0.6 is 12.2 Å². The van der Waals surface area contributed by atoms with Gasteiger partial charge in [-0.25, -0.2) is 12.8 Å². The van der Waals surface area contributed by atoms with E-state index in [9.17, 15) is 12.8 Å². The predicted octanol–water partition coefficient (Wildman–Crippen LogP) is 4.57. The van der Waals surface area contributed by atoms with Crippen molar-refractivity contribution in [2.45, 2.75) is 12.1 Å². The molecule has 0 saturated carbocycles. The van der Waals surface area contributed by atoms with Crippen LogP contribution in [0.4, 0.5) is 15.8 Å². The Labute approximate surface area is 219 Å². The minimum Gasteiger partial charge on any atom is -0.494 e. The SMILES string of the molecule is COc1cc(N2C(=S)N[C@@H](c3ccccn3)[C@@H]2c2cccn2-c2cccc(F)c2)ccc1NS(C)(=O)=O. The van der Waals surface area contributed by atoms with Crippen LogP contribution in [0.2, 0.25) is 0 Å². The van der Waals surface area contributed by atoms with Crippen molar-refractivity contribution in [3.8, 4) is 11.4 Å². The van der Waals surface area contributed by atoms with Gasteiger partial charge in [0.1, 0.15) is 17.6 Å². The number of halogens is 1. The van der Waals surface area contributed by atoms with E-state index in [0.717, 1.165) is 17.6 Å². The molecular weight excluding hydrogens is 513 g/mol. The van der Waals surface area contributed by atoms with Gasteiger partial charge in [-0.1, -0.05) is 12.1 Å². The van der Waals surface area contributed by atoms with Crippen LogP contribution in [0, 0.1) is 5.82 Å². The maximum absolute atomic E-state index is 14.1. The molecule has 11 heteroatoms. The quantitative estimate of drug-likeness (QED) is 0.334. The van der Waals surface area contributed by atoms with Gasteiger partial charge in [-0.15, -0.1) is 0 Å². The maximum atomic E-state index is 14.1. The second kappa shape index (κ2) is 9.83. The first-order valence-electron chi connectivity index (χ1n) is 11.3. The molecule has 2 aromatic carbocycles. The summed E-state index contributed by atoms with van der Waals surface area (Å²) in [6.07, 6.45) is 4.67. The summed E-state index contributed by atoms with van der Waals surface area (Å²) in [5, 5.41) is 3.85. The zero-order valence-electron chi connectivity index (χ0n) is 20.0. The molecule has 1 saturated heterocycles. The lowest BCUT2D eigenvalue weighted by atomic mass is 10.0. The molecule has 0 amide bonds. The molecule has 2 aromatic heterocycles. The van der Waals surface area contributed by atoms with Crippen molar-refractivity contribution in [3.05, 3.63) is 102 Å². The van der Waals surface area contributed by atoms with Crippen LogP contribution in [0.25, 0.3) is 5.69 Å². The molecule has 4 aromatic rings. The van der Waals surface area contributed by atoms with Crippen LogP contribution < -0.4 is 19.7 Å². The molecule has 5 rings (SSSR count). The molecule has 0 spiro atoms. The molecule has 0 radical (unpaired) electrons. The van der Waals surface area contributed by atoms with E-state index >= 15 is 0 Å². The van der Waals surface area contributed by atoms with E-state index in [1.165, 1.54) is 19.2 Å². The Morgan fingerprint density at radius 1 is 1.05 bits per heavy atom. The second-order valence-corrected chi connectivity index (χ2v) is 10.7. The number of pyridine rings is 1. The van der Waals surface area contributed by atoms with Gasteiger partial charge in [0, 0.05) is 35.5 Å². The van der Waals surface area contributed by atoms with Gasteiger partial charge in [0.25, 0.3) is 0 Å². The van der Waals surface area contributed by atoms with Crippen LogP contribution in [-0.2, 0) is 10.0 Å². The minimum atomic E-state index is -3.51. The standard InChI is InChI=1S/C26H24FN5O3S2/c1-35-23-16-19(11-12-20(23)30-37(2,33)34)32-25(24(29-26(32)36)21-9-3-4-13-28-21)22-10-6-14-31(22)18-8-5-7-17(27)15-18/h3-16,24-25,30H,1-2H3,(H,29,36)/t24-,25-/m0/s1. The largest absolute Gasteiger partial charge is 0.494 e. The highest BCUT2D eigenvalue weighted by Crippen LogP contribution is 2.44. The van der Waals surface area contributed by atoms with Crippen molar-refractivity contribution in [3.63, 3.8) is 0 Å². The molecule has 37 heavy (non-hydrogen) atoms. The predicted molar refractivity (Wildman–Crippen MR) is 145 cm³/mol. The molecule has 1 aliphatic rings. The molecule has 0 unspecified atom stereocenters. The van der Waals surface area contributed by atoms with E-state index in [4.69, 9.17) is 17.0 Å². The topological polar surface area (TPSA) is 88.5 Å². The van der Waals surface area contributed by atoms with E-state index in [1.807, 2.05) is 52.1 Å². The number of benzene rings is 2. The summed E-state index contributed by atoms with van der Waals surface area (Å²) in [7, 11) is -2.04. The summed E-state index contributed by atoms with van der Waals surface area (Å²) >= 11 is 5.80. The van der Waals surface area contributed by atoms with Crippen LogP contribution in [0.3, 0.4) is 0 Å². The maximum Gasteiger partial charge on any atom is 0.229 e. The van der Waals surface area contributed by atoms with Crippen LogP contribution in [-0.4, -0.2) is 36.4 Å². The van der Waals surface area contributed by atoms with Crippen molar-refractivity contribution in [1.29, 1.82) is 0 Å². The number of methoxy groups -OCH3 is 1. The number of hydrogen-bond acceptors (Lipinski definition) is 5. The minimum absolute atomic E-state index is 0.313. The summed E-state index contributed by atoms with van der Waals surface area (Å²) in [5.41, 5.74) is 3.30. The number of thiocarbonyl (C=S) groups is 1. The average Bonchev–Trinajstić information content (AvgIpc) is 3.48. The van der Waals surface area contributed by atoms with E-state index in [1.54, 1.807) is 30.5 Å². The molecule has 3 heterocycles. The van der Waals surface area contributed by atoms with Crippen molar-refractivity contribution in [2.24, 2.45) is 0 Å². The number of rotatable bonds is 7. The highest BCUT2D eigenvalue weighted by Gasteiger charge is 2.42. The lowest BCUT2D eigenvalue weighted by Crippen LogP contribution is -2.30. The zero-order valence-corrected chi connectivity index (χ0v) is 21.6. The number of anilines is 2. The molecule has 190 valence electrons. The zero-order chi connectivity index (χ0) is 26.2. The second-order valence-electron chi connectivity index (χ2n) is 8.54. The first kappa shape index (κ1) is 24.7. The molecule has 2 atom stereocenters. The lowest BCUT2D eigenvalue weighted by molar-refractivity contribution is 0.417. The monoisotopic (exact) mass is 537 g/mol. The fraction of sp³-hybridized carbons (Fsp3) is 0.154. The molecule has 0 bridgehead atoms. The van der Waals surface area contributed by atoms with E-state index in [2.05, 4.69) is 15.0 Å². The van der Waals surface area contributed by atoms with Crippen LogP contribution in [0.15, 0.2) is 85.2 Å². The van der Waals surface area contributed by atoms with E-state index in [-0.39, 0.29) is 17.9 Å². The summed E-state index contributed by atoms with van der Waals surface area (Å²) < 4.78 is 47.6. The molecular formula is C26H24FN5O3S2. The number of hydrogen-bond donors (Lipinski definition) is 2. The van der Waals surface area contributed by atoms with Crippen LogP contribution in [0.5, 0.6) is 5.75 Å². The third-order valence-electron chi connectivity index (χ3n) is 6.03. The number of nitrogens with one attached hydrogen (secondary N) is 2. The van der Waals surface area contributed by atoms with Gasteiger partial charge in [0.2, 0.25) is 10.0 Å². The van der Waals surface area contributed by atoms with Crippen molar-refractivity contribution in [2.75, 3.05) is 23.0 Å². The Morgan fingerprint density at radius 2 is 1.89 bits per heavy atom. The Kier molecular flexibility index (Phi) is 6.57. The van der Waals surface area contributed by atoms with Gasteiger partial charge in [0.05, 0.1) is 30.8 Å².